The first-order valence-electron chi connectivity index (χ1n) is 7.43. The lowest BCUT2D eigenvalue weighted by molar-refractivity contribution is -0.140. The van der Waals surface area contributed by atoms with Gasteiger partial charge in [0.2, 0.25) is 17.7 Å². The van der Waals surface area contributed by atoms with E-state index in [-0.39, 0.29) is 24.1 Å². The first-order chi connectivity index (χ1) is 9.57. The molecule has 0 spiro atoms. The zero-order chi connectivity index (χ0) is 14.6. The molecule has 2 heterocycles. The minimum absolute atomic E-state index is 0.0546. The van der Waals surface area contributed by atoms with Crippen molar-refractivity contribution in [1.82, 2.24) is 16.0 Å². The maximum Gasteiger partial charge on any atom is 0.249 e. The van der Waals surface area contributed by atoms with E-state index in [1.54, 1.807) is 0 Å². The van der Waals surface area contributed by atoms with Gasteiger partial charge in [0, 0.05) is 13.0 Å². The first-order valence-corrected chi connectivity index (χ1v) is 7.43. The van der Waals surface area contributed by atoms with Crippen molar-refractivity contribution in [2.24, 2.45) is 5.41 Å². The third-order valence-corrected chi connectivity index (χ3v) is 4.23. The second kappa shape index (κ2) is 6.35. The quantitative estimate of drug-likeness (QED) is 0.637. The Labute approximate surface area is 119 Å². The van der Waals surface area contributed by atoms with Crippen molar-refractivity contribution in [1.29, 1.82) is 0 Å². The number of carbonyl (C=O) groups is 3. The van der Waals surface area contributed by atoms with E-state index >= 15 is 0 Å². The molecule has 2 fully saturated rings. The third-order valence-electron chi connectivity index (χ3n) is 4.23. The van der Waals surface area contributed by atoms with Gasteiger partial charge in [-0.1, -0.05) is 13.3 Å². The average Bonchev–Trinajstić information content (AvgIpc) is 2.43. The molecule has 6 heteroatoms. The van der Waals surface area contributed by atoms with E-state index in [1.165, 1.54) is 0 Å². The Morgan fingerprint density at radius 3 is 2.85 bits per heavy atom. The van der Waals surface area contributed by atoms with Crippen LogP contribution in [0.25, 0.3) is 0 Å². The van der Waals surface area contributed by atoms with Crippen molar-refractivity contribution in [3.63, 3.8) is 0 Å². The minimum atomic E-state index is -0.573. The molecule has 0 aromatic heterocycles. The first kappa shape index (κ1) is 15.0. The van der Waals surface area contributed by atoms with E-state index in [2.05, 4.69) is 22.9 Å². The lowest BCUT2D eigenvalue weighted by Gasteiger charge is -2.37. The zero-order valence-corrected chi connectivity index (χ0v) is 12.0. The highest BCUT2D eigenvalue weighted by atomic mass is 16.2. The molecule has 3 N–H and O–H groups in total. The molecule has 0 bridgehead atoms. The van der Waals surface area contributed by atoms with Gasteiger partial charge in [-0.15, -0.1) is 0 Å². The second-order valence-corrected chi connectivity index (χ2v) is 5.79. The Kier molecular flexibility index (Phi) is 4.75. The van der Waals surface area contributed by atoms with Gasteiger partial charge >= 0.3 is 0 Å². The van der Waals surface area contributed by atoms with E-state index < -0.39 is 11.5 Å². The normalized spacial score (nSPS) is 30.8. The predicted octanol–water partition coefficient (Wildman–Crippen LogP) is 0.0777. The number of carbonyl (C=O) groups excluding carboxylic acids is 3. The van der Waals surface area contributed by atoms with Gasteiger partial charge in [-0.2, -0.15) is 0 Å². The van der Waals surface area contributed by atoms with E-state index in [0.29, 0.717) is 13.0 Å². The Hall–Kier alpha value is -1.43. The summed E-state index contributed by atoms with van der Waals surface area (Å²) in [5.41, 5.74) is -0.408. The molecule has 0 radical (unpaired) electrons. The molecule has 0 aliphatic carbocycles. The van der Waals surface area contributed by atoms with Gasteiger partial charge in [0.1, 0.15) is 6.04 Å². The third kappa shape index (κ3) is 3.17. The smallest absolute Gasteiger partial charge is 0.249 e. The standard InChI is InChI=1S/C14H23N3O3/c1-2-6-14(7-3-8-15-9-14)13(20)16-10-4-5-11(18)17-12(10)19/h10,15H,2-9H2,1H3,(H,16,20)(H,17,18,19). The summed E-state index contributed by atoms with van der Waals surface area (Å²) in [6.07, 6.45) is 4.26. The molecule has 112 valence electrons. The summed E-state index contributed by atoms with van der Waals surface area (Å²) >= 11 is 0. The van der Waals surface area contributed by atoms with E-state index in [4.69, 9.17) is 0 Å². The van der Waals surface area contributed by atoms with Crippen molar-refractivity contribution >= 4 is 17.7 Å². The molecular formula is C14H23N3O3. The van der Waals surface area contributed by atoms with E-state index in [9.17, 15) is 14.4 Å². The highest BCUT2D eigenvalue weighted by Crippen LogP contribution is 2.32. The lowest BCUT2D eigenvalue weighted by atomic mass is 9.76. The fraction of sp³-hybridized carbons (Fsp3) is 0.786. The molecule has 0 aromatic rings. The van der Waals surface area contributed by atoms with Crippen LogP contribution in [0.15, 0.2) is 0 Å². The molecule has 2 unspecified atom stereocenters. The van der Waals surface area contributed by atoms with Gasteiger partial charge in [-0.3, -0.25) is 19.7 Å². The molecule has 2 atom stereocenters. The highest BCUT2D eigenvalue weighted by Gasteiger charge is 2.40. The largest absolute Gasteiger partial charge is 0.344 e. The summed E-state index contributed by atoms with van der Waals surface area (Å²) in [4.78, 5) is 35.4. The minimum Gasteiger partial charge on any atom is -0.344 e. The monoisotopic (exact) mass is 281 g/mol. The summed E-state index contributed by atoms with van der Waals surface area (Å²) in [5.74, 6) is -0.700. The summed E-state index contributed by atoms with van der Waals surface area (Å²) in [7, 11) is 0. The Bertz CT molecular complexity index is 397. The molecule has 2 aliphatic heterocycles. The van der Waals surface area contributed by atoms with Crippen LogP contribution >= 0.6 is 0 Å². The van der Waals surface area contributed by atoms with Crippen molar-refractivity contribution in [3.8, 4) is 0 Å². The topological polar surface area (TPSA) is 87.3 Å². The number of amides is 3. The number of hydrogen-bond donors (Lipinski definition) is 3. The molecule has 2 aliphatic rings. The van der Waals surface area contributed by atoms with Crippen LogP contribution in [0.4, 0.5) is 0 Å². The summed E-state index contributed by atoms with van der Waals surface area (Å²) in [5, 5.41) is 8.40. The molecule has 0 aromatic carbocycles. The van der Waals surface area contributed by atoms with Crippen LogP contribution in [0.3, 0.4) is 0 Å². The van der Waals surface area contributed by atoms with Gasteiger partial charge in [-0.25, -0.2) is 0 Å². The van der Waals surface area contributed by atoms with Gasteiger partial charge in [0.05, 0.1) is 5.41 Å². The average molecular weight is 281 g/mol. The lowest BCUT2D eigenvalue weighted by Crippen LogP contribution is -2.58. The molecular weight excluding hydrogens is 258 g/mol. The van der Waals surface area contributed by atoms with Gasteiger partial charge in [-0.05, 0) is 32.2 Å². The number of piperidine rings is 2. The van der Waals surface area contributed by atoms with Crippen molar-refractivity contribution < 1.29 is 14.4 Å². The Balaban J connectivity index is 2.01. The predicted molar refractivity (Wildman–Crippen MR) is 73.8 cm³/mol. The van der Waals surface area contributed by atoms with Crippen LogP contribution in [-0.4, -0.2) is 36.9 Å². The van der Waals surface area contributed by atoms with Crippen molar-refractivity contribution in [2.75, 3.05) is 13.1 Å². The number of rotatable bonds is 4. The summed E-state index contributed by atoms with van der Waals surface area (Å²) in [6, 6.07) is -0.573. The SMILES string of the molecule is CCCC1(C(=O)NC2CCC(=O)NC2=O)CCCNC1. The fourth-order valence-electron chi connectivity index (χ4n) is 3.11. The van der Waals surface area contributed by atoms with Crippen LogP contribution in [0.1, 0.15) is 45.4 Å². The highest BCUT2D eigenvalue weighted by molar-refractivity contribution is 6.02. The molecule has 6 nitrogen and oxygen atoms in total. The Morgan fingerprint density at radius 1 is 1.45 bits per heavy atom. The van der Waals surface area contributed by atoms with Crippen molar-refractivity contribution in [3.05, 3.63) is 0 Å². The maximum absolute atomic E-state index is 12.6. The molecule has 20 heavy (non-hydrogen) atoms. The summed E-state index contributed by atoms with van der Waals surface area (Å²) in [6.45, 7) is 3.67. The van der Waals surface area contributed by atoms with Gasteiger partial charge < -0.3 is 10.6 Å². The van der Waals surface area contributed by atoms with Crippen LogP contribution in [0, 0.1) is 5.41 Å². The van der Waals surface area contributed by atoms with E-state index in [1.807, 2.05) is 0 Å². The molecule has 2 saturated heterocycles. The number of nitrogens with one attached hydrogen (secondary N) is 3. The van der Waals surface area contributed by atoms with Crippen LogP contribution in [0.5, 0.6) is 0 Å². The van der Waals surface area contributed by atoms with Gasteiger partial charge in [0.25, 0.3) is 0 Å². The van der Waals surface area contributed by atoms with Crippen LogP contribution in [0.2, 0.25) is 0 Å². The second-order valence-electron chi connectivity index (χ2n) is 5.79. The van der Waals surface area contributed by atoms with Crippen LogP contribution in [-0.2, 0) is 14.4 Å². The fourth-order valence-corrected chi connectivity index (χ4v) is 3.11. The van der Waals surface area contributed by atoms with Gasteiger partial charge in [0.15, 0.2) is 0 Å². The number of imide groups is 1. The summed E-state index contributed by atoms with van der Waals surface area (Å²) < 4.78 is 0. The Morgan fingerprint density at radius 2 is 2.25 bits per heavy atom. The maximum atomic E-state index is 12.6. The van der Waals surface area contributed by atoms with Crippen molar-refractivity contribution in [2.45, 2.75) is 51.5 Å². The zero-order valence-electron chi connectivity index (χ0n) is 12.0. The molecule has 0 saturated carbocycles. The number of hydrogen-bond acceptors (Lipinski definition) is 4. The molecule has 2 rings (SSSR count). The van der Waals surface area contributed by atoms with E-state index in [0.717, 1.165) is 32.2 Å². The molecule has 3 amide bonds. The van der Waals surface area contributed by atoms with Crippen LogP contribution < -0.4 is 16.0 Å².